The van der Waals surface area contributed by atoms with Crippen LogP contribution < -0.4 is 11.1 Å². The summed E-state index contributed by atoms with van der Waals surface area (Å²) in [5.74, 6) is -0.129. The van der Waals surface area contributed by atoms with Gasteiger partial charge in [-0.3, -0.25) is 4.79 Å². The molecule has 0 saturated carbocycles. The zero-order chi connectivity index (χ0) is 13.3. The third-order valence-corrected chi connectivity index (χ3v) is 4.06. The summed E-state index contributed by atoms with van der Waals surface area (Å²) < 4.78 is 1.08. The number of anilines is 1. The van der Waals surface area contributed by atoms with Crippen LogP contribution in [0.3, 0.4) is 0 Å². The van der Waals surface area contributed by atoms with Crippen LogP contribution in [0.4, 0.5) is 5.69 Å². The van der Waals surface area contributed by atoms with Gasteiger partial charge in [-0.1, -0.05) is 30.4 Å². The molecule has 0 atom stereocenters. The summed E-state index contributed by atoms with van der Waals surface area (Å²) >= 11 is 1.44. The van der Waals surface area contributed by atoms with Gasteiger partial charge >= 0.3 is 0 Å². The van der Waals surface area contributed by atoms with Crippen LogP contribution in [0.25, 0.3) is 10.1 Å². The van der Waals surface area contributed by atoms with Crippen molar-refractivity contribution in [3.63, 3.8) is 0 Å². The molecule has 4 heteroatoms. The lowest BCUT2D eigenvalue weighted by atomic mass is 10.1. The van der Waals surface area contributed by atoms with Crippen LogP contribution in [0.5, 0.6) is 0 Å². The number of nitrogens with two attached hydrogens (primary N) is 1. The molecule has 0 unspecified atom stereocenters. The summed E-state index contributed by atoms with van der Waals surface area (Å²) in [4.78, 5) is 12.6. The number of hydrogen-bond acceptors (Lipinski definition) is 3. The number of carbonyl (C=O) groups excluding carboxylic acids is 1. The second-order valence-electron chi connectivity index (χ2n) is 4.44. The monoisotopic (exact) mass is 260 g/mol. The third kappa shape index (κ3) is 2.24. The van der Waals surface area contributed by atoms with Gasteiger partial charge < -0.3 is 11.1 Å². The number of nitrogens with one attached hydrogen (secondary N) is 1. The number of carbonyl (C=O) groups is 1. The molecule has 3 N–H and O–H groups in total. The van der Waals surface area contributed by atoms with Crippen molar-refractivity contribution in [2.75, 3.05) is 12.3 Å². The first kappa shape index (κ1) is 12.6. The molecule has 94 valence electrons. The Bertz CT molecular complexity index is 628. The second kappa shape index (κ2) is 4.82. The molecule has 2 aromatic rings. The van der Waals surface area contributed by atoms with Crippen molar-refractivity contribution in [2.45, 2.75) is 13.8 Å². The minimum absolute atomic E-state index is 0.129. The van der Waals surface area contributed by atoms with Crippen LogP contribution in [0.15, 0.2) is 30.4 Å². The van der Waals surface area contributed by atoms with E-state index in [0.717, 1.165) is 21.2 Å². The summed E-state index contributed by atoms with van der Waals surface area (Å²) in [7, 11) is 0. The van der Waals surface area contributed by atoms with Crippen molar-refractivity contribution in [2.24, 2.45) is 0 Å². The van der Waals surface area contributed by atoms with E-state index in [0.29, 0.717) is 17.1 Å². The summed E-state index contributed by atoms with van der Waals surface area (Å²) in [5, 5.41) is 3.77. The Hall–Kier alpha value is -1.81. The number of amides is 1. The van der Waals surface area contributed by atoms with E-state index in [1.807, 2.05) is 32.0 Å². The topological polar surface area (TPSA) is 55.1 Å². The van der Waals surface area contributed by atoms with Crippen molar-refractivity contribution in [3.8, 4) is 0 Å². The van der Waals surface area contributed by atoms with E-state index < -0.39 is 0 Å². The van der Waals surface area contributed by atoms with Crippen molar-refractivity contribution in [1.29, 1.82) is 0 Å². The van der Waals surface area contributed by atoms with Crippen LogP contribution in [0.1, 0.15) is 22.2 Å². The van der Waals surface area contributed by atoms with Gasteiger partial charge in [0, 0.05) is 16.6 Å². The van der Waals surface area contributed by atoms with Gasteiger partial charge in [0.05, 0.1) is 5.69 Å². The highest BCUT2D eigenvalue weighted by atomic mass is 32.1. The highest BCUT2D eigenvalue weighted by Gasteiger charge is 2.16. The molecule has 1 aromatic carbocycles. The normalized spacial score (nSPS) is 10.6. The van der Waals surface area contributed by atoms with Crippen molar-refractivity contribution in [3.05, 3.63) is 40.8 Å². The molecule has 18 heavy (non-hydrogen) atoms. The number of rotatable bonds is 3. The maximum absolute atomic E-state index is 12.0. The number of fused-ring (bicyclic) bond motifs is 1. The molecule has 0 aliphatic carbocycles. The minimum Gasteiger partial charge on any atom is -0.397 e. The van der Waals surface area contributed by atoms with E-state index in [4.69, 9.17) is 5.73 Å². The Morgan fingerprint density at radius 1 is 1.50 bits per heavy atom. The quantitative estimate of drug-likeness (QED) is 0.833. The molecule has 1 heterocycles. The predicted molar refractivity (Wildman–Crippen MR) is 78.1 cm³/mol. The molecular weight excluding hydrogens is 244 g/mol. The lowest BCUT2D eigenvalue weighted by Crippen LogP contribution is -2.24. The Labute approximate surface area is 110 Å². The van der Waals surface area contributed by atoms with Gasteiger partial charge in [-0.05, 0) is 19.4 Å². The maximum Gasteiger partial charge on any atom is 0.263 e. The van der Waals surface area contributed by atoms with E-state index in [9.17, 15) is 4.79 Å². The Kier molecular flexibility index (Phi) is 3.39. The van der Waals surface area contributed by atoms with E-state index in [2.05, 4.69) is 11.9 Å². The molecular formula is C14H16N2OS. The fourth-order valence-electron chi connectivity index (χ4n) is 1.76. The molecule has 1 aromatic heterocycles. The van der Waals surface area contributed by atoms with E-state index in [1.165, 1.54) is 11.3 Å². The highest BCUT2D eigenvalue weighted by molar-refractivity contribution is 7.21. The molecule has 1 amide bonds. The fourth-order valence-corrected chi connectivity index (χ4v) is 2.87. The maximum atomic E-state index is 12.0. The molecule has 0 aliphatic heterocycles. The number of nitrogen functional groups attached to an aromatic ring is 1. The van der Waals surface area contributed by atoms with Crippen LogP contribution in [-0.4, -0.2) is 12.5 Å². The van der Waals surface area contributed by atoms with Crippen LogP contribution in [0, 0.1) is 6.92 Å². The minimum atomic E-state index is -0.129. The van der Waals surface area contributed by atoms with Crippen molar-refractivity contribution < 1.29 is 4.79 Å². The van der Waals surface area contributed by atoms with Gasteiger partial charge in [0.1, 0.15) is 4.88 Å². The van der Waals surface area contributed by atoms with Gasteiger partial charge in [0.2, 0.25) is 0 Å². The van der Waals surface area contributed by atoms with Gasteiger partial charge in [-0.15, -0.1) is 11.3 Å². The number of aryl methyl sites for hydroxylation is 1. The summed E-state index contributed by atoms with van der Waals surface area (Å²) in [6, 6.07) is 5.92. The molecule has 0 fully saturated rings. The Balaban J connectivity index is 2.40. The summed E-state index contributed by atoms with van der Waals surface area (Å²) in [5.41, 5.74) is 8.67. The zero-order valence-corrected chi connectivity index (χ0v) is 11.4. The van der Waals surface area contributed by atoms with Crippen LogP contribution >= 0.6 is 11.3 Å². The van der Waals surface area contributed by atoms with E-state index in [-0.39, 0.29) is 5.91 Å². The van der Waals surface area contributed by atoms with Crippen molar-refractivity contribution >= 4 is 33.0 Å². The van der Waals surface area contributed by atoms with Gasteiger partial charge in [-0.25, -0.2) is 0 Å². The van der Waals surface area contributed by atoms with Gasteiger partial charge in [0.15, 0.2) is 0 Å². The Morgan fingerprint density at radius 2 is 2.22 bits per heavy atom. The number of thiophene rings is 1. The fraction of sp³-hybridized carbons (Fsp3) is 0.214. The molecule has 3 nitrogen and oxygen atoms in total. The first-order chi connectivity index (χ1) is 8.50. The number of hydrogen-bond donors (Lipinski definition) is 2. The zero-order valence-electron chi connectivity index (χ0n) is 10.5. The SMILES string of the molecule is C=C(C)CNC(=O)c1sc2c(C)cccc2c1N. The molecule has 2 rings (SSSR count). The summed E-state index contributed by atoms with van der Waals surface area (Å²) in [6.07, 6.45) is 0. The molecule has 0 spiro atoms. The van der Waals surface area contributed by atoms with Crippen LogP contribution in [-0.2, 0) is 0 Å². The highest BCUT2D eigenvalue weighted by Crippen LogP contribution is 2.35. The molecule has 0 aliphatic rings. The lowest BCUT2D eigenvalue weighted by Gasteiger charge is -2.03. The lowest BCUT2D eigenvalue weighted by molar-refractivity contribution is 0.0962. The predicted octanol–water partition coefficient (Wildman–Crippen LogP) is 3.10. The third-order valence-electron chi connectivity index (χ3n) is 2.71. The largest absolute Gasteiger partial charge is 0.397 e. The average molecular weight is 260 g/mol. The van der Waals surface area contributed by atoms with Crippen molar-refractivity contribution in [1.82, 2.24) is 5.32 Å². The molecule has 0 saturated heterocycles. The second-order valence-corrected chi connectivity index (χ2v) is 5.46. The van der Waals surface area contributed by atoms with Gasteiger partial charge in [-0.2, -0.15) is 0 Å². The standard InChI is InChI=1S/C14H16N2OS/c1-8(2)7-16-14(17)13-11(15)10-6-4-5-9(3)12(10)18-13/h4-6H,1,7,15H2,2-3H3,(H,16,17). The first-order valence-corrected chi connectivity index (χ1v) is 6.52. The van der Waals surface area contributed by atoms with E-state index in [1.54, 1.807) is 0 Å². The molecule has 0 bridgehead atoms. The molecule has 0 radical (unpaired) electrons. The average Bonchev–Trinajstić information content (AvgIpc) is 2.66. The number of benzene rings is 1. The smallest absolute Gasteiger partial charge is 0.263 e. The van der Waals surface area contributed by atoms with Crippen LogP contribution in [0.2, 0.25) is 0 Å². The van der Waals surface area contributed by atoms with Gasteiger partial charge in [0.25, 0.3) is 5.91 Å². The first-order valence-electron chi connectivity index (χ1n) is 5.71. The van der Waals surface area contributed by atoms with E-state index >= 15 is 0 Å². The summed E-state index contributed by atoms with van der Waals surface area (Å²) in [6.45, 7) is 8.13. The Morgan fingerprint density at radius 3 is 2.83 bits per heavy atom.